The van der Waals surface area contributed by atoms with Gasteiger partial charge in [-0.05, 0) is 13.0 Å². The normalized spacial score (nSPS) is 10.2. The van der Waals surface area contributed by atoms with Gasteiger partial charge in [-0.15, -0.1) is 0 Å². The lowest BCUT2D eigenvalue weighted by Crippen LogP contribution is -2.03. The number of hydrogen-bond acceptors (Lipinski definition) is 3. The highest BCUT2D eigenvalue weighted by molar-refractivity contribution is 5.06. The van der Waals surface area contributed by atoms with Crippen LogP contribution in [-0.2, 0) is 12.8 Å². The highest BCUT2D eigenvalue weighted by Gasteiger charge is 2.03. The van der Waals surface area contributed by atoms with Gasteiger partial charge in [-0.3, -0.25) is 0 Å². The van der Waals surface area contributed by atoms with E-state index in [-0.39, 0.29) is 0 Å². The van der Waals surface area contributed by atoms with Crippen molar-refractivity contribution in [3.8, 4) is 0 Å². The summed E-state index contributed by atoms with van der Waals surface area (Å²) in [6.07, 6.45) is 3.19. The van der Waals surface area contributed by atoms with Crippen molar-refractivity contribution in [3.05, 3.63) is 17.8 Å². The Bertz CT molecular complexity index is 195. The first-order valence-corrected chi connectivity index (χ1v) is 3.49. The van der Waals surface area contributed by atoms with Gasteiger partial charge in [0.1, 0.15) is 5.76 Å². The molecule has 0 aliphatic heterocycles. The third-order valence-electron chi connectivity index (χ3n) is 1.43. The molecule has 0 amide bonds. The lowest BCUT2D eigenvalue weighted by atomic mass is 10.2. The van der Waals surface area contributed by atoms with Crippen LogP contribution in [0.4, 0.5) is 0 Å². The predicted molar refractivity (Wildman–Crippen MR) is 38.6 cm³/mol. The van der Waals surface area contributed by atoms with E-state index in [0.29, 0.717) is 6.54 Å². The van der Waals surface area contributed by atoms with Crippen LogP contribution in [0.5, 0.6) is 0 Å². The molecule has 0 saturated carbocycles. The van der Waals surface area contributed by atoms with E-state index in [9.17, 15) is 0 Å². The zero-order valence-electron chi connectivity index (χ0n) is 6.13. The van der Waals surface area contributed by atoms with E-state index < -0.39 is 0 Å². The first-order chi connectivity index (χ1) is 4.88. The third kappa shape index (κ3) is 1.36. The molecule has 0 bridgehead atoms. The molecule has 1 heterocycles. The van der Waals surface area contributed by atoms with E-state index in [1.807, 2.05) is 0 Å². The minimum absolute atomic E-state index is 0.627. The van der Waals surface area contributed by atoms with E-state index in [1.54, 1.807) is 0 Å². The Kier molecular flexibility index (Phi) is 2.45. The van der Waals surface area contributed by atoms with Crippen molar-refractivity contribution < 1.29 is 4.42 Å². The summed E-state index contributed by atoms with van der Waals surface area (Å²) in [6.45, 7) is 2.68. The Labute approximate surface area is 60.2 Å². The monoisotopic (exact) mass is 140 g/mol. The second-order valence-electron chi connectivity index (χ2n) is 2.11. The minimum Gasteiger partial charge on any atom is -0.448 e. The van der Waals surface area contributed by atoms with Crippen molar-refractivity contribution in [1.82, 2.24) is 4.98 Å². The Hall–Kier alpha value is -0.830. The molecule has 0 atom stereocenters. The van der Waals surface area contributed by atoms with Crippen molar-refractivity contribution in [2.45, 2.75) is 19.8 Å². The van der Waals surface area contributed by atoms with Crippen LogP contribution in [0.3, 0.4) is 0 Å². The van der Waals surface area contributed by atoms with E-state index in [1.165, 1.54) is 6.39 Å². The summed E-state index contributed by atoms with van der Waals surface area (Å²) in [4.78, 5) is 4.03. The molecule has 0 saturated heterocycles. The zero-order valence-corrected chi connectivity index (χ0v) is 6.13. The van der Waals surface area contributed by atoms with Crippen molar-refractivity contribution >= 4 is 0 Å². The van der Waals surface area contributed by atoms with Gasteiger partial charge in [-0.1, -0.05) is 6.92 Å². The first-order valence-electron chi connectivity index (χ1n) is 3.49. The van der Waals surface area contributed by atoms with Crippen LogP contribution in [0.15, 0.2) is 10.8 Å². The number of aromatic nitrogens is 1. The number of oxazole rings is 1. The van der Waals surface area contributed by atoms with Gasteiger partial charge >= 0.3 is 0 Å². The van der Waals surface area contributed by atoms with Gasteiger partial charge in [0.2, 0.25) is 0 Å². The molecule has 1 rings (SSSR count). The van der Waals surface area contributed by atoms with Gasteiger partial charge in [-0.25, -0.2) is 4.98 Å². The zero-order chi connectivity index (χ0) is 7.40. The van der Waals surface area contributed by atoms with Crippen LogP contribution in [0.2, 0.25) is 0 Å². The molecular weight excluding hydrogens is 128 g/mol. The molecule has 0 fully saturated rings. The quantitative estimate of drug-likeness (QED) is 0.673. The molecule has 0 aliphatic rings. The highest BCUT2D eigenvalue weighted by atomic mass is 16.3. The average Bonchev–Trinajstić information content (AvgIpc) is 2.36. The SMILES string of the molecule is CCc1ncoc1CCN. The van der Waals surface area contributed by atoms with Crippen molar-refractivity contribution in [2.24, 2.45) is 5.73 Å². The summed E-state index contributed by atoms with van der Waals surface area (Å²) in [6, 6.07) is 0. The second-order valence-corrected chi connectivity index (χ2v) is 2.11. The fourth-order valence-corrected chi connectivity index (χ4v) is 0.916. The maximum atomic E-state index is 5.36. The Morgan fingerprint density at radius 2 is 2.50 bits per heavy atom. The van der Waals surface area contributed by atoms with Crippen LogP contribution in [0.1, 0.15) is 18.4 Å². The summed E-state index contributed by atoms with van der Waals surface area (Å²) in [5.74, 6) is 0.935. The maximum Gasteiger partial charge on any atom is 0.181 e. The summed E-state index contributed by atoms with van der Waals surface area (Å²) in [5.41, 5.74) is 6.39. The minimum atomic E-state index is 0.627. The Morgan fingerprint density at radius 3 is 3.10 bits per heavy atom. The van der Waals surface area contributed by atoms with Crippen LogP contribution < -0.4 is 5.73 Å². The fraction of sp³-hybridized carbons (Fsp3) is 0.571. The van der Waals surface area contributed by atoms with E-state index in [2.05, 4.69) is 11.9 Å². The summed E-state index contributed by atoms with van der Waals surface area (Å²) >= 11 is 0. The summed E-state index contributed by atoms with van der Waals surface area (Å²) in [5, 5.41) is 0. The number of hydrogen-bond donors (Lipinski definition) is 1. The third-order valence-corrected chi connectivity index (χ3v) is 1.43. The average molecular weight is 140 g/mol. The lowest BCUT2D eigenvalue weighted by molar-refractivity contribution is 0.502. The molecule has 56 valence electrons. The molecular formula is C7H12N2O. The van der Waals surface area contributed by atoms with Crippen molar-refractivity contribution in [2.75, 3.05) is 6.54 Å². The van der Waals surface area contributed by atoms with Crippen LogP contribution in [0, 0.1) is 0 Å². The topological polar surface area (TPSA) is 52.0 Å². The number of nitrogens with zero attached hydrogens (tertiary/aromatic N) is 1. The van der Waals surface area contributed by atoms with Gasteiger partial charge in [0.05, 0.1) is 5.69 Å². The number of aryl methyl sites for hydroxylation is 1. The molecule has 0 aromatic carbocycles. The molecule has 0 spiro atoms. The molecule has 2 N–H and O–H groups in total. The van der Waals surface area contributed by atoms with E-state index >= 15 is 0 Å². The van der Waals surface area contributed by atoms with E-state index in [0.717, 1.165) is 24.3 Å². The molecule has 3 heteroatoms. The first kappa shape index (κ1) is 7.28. The standard InChI is InChI=1S/C7H12N2O/c1-2-6-7(3-4-8)10-5-9-6/h5H,2-4,8H2,1H3. The molecule has 0 unspecified atom stereocenters. The van der Waals surface area contributed by atoms with Gasteiger partial charge in [0.25, 0.3) is 0 Å². The molecule has 0 radical (unpaired) electrons. The molecule has 1 aromatic rings. The van der Waals surface area contributed by atoms with Crippen molar-refractivity contribution in [3.63, 3.8) is 0 Å². The van der Waals surface area contributed by atoms with Gasteiger partial charge < -0.3 is 10.2 Å². The second kappa shape index (κ2) is 3.37. The Morgan fingerprint density at radius 1 is 1.70 bits per heavy atom. The lowest BCUT2D eigenvalue weighted by Gasteiger charge is -1.93. The number of nitrogens with two attached hydrogens (primary N) is 1. The van der Waals surface area contributed by atoms with Crippen LogP contribution >= 0.6 is 0 Å². The van der Waals surface area contributed by atoms with E-state index in [4.69, 9.17) is 10.2 Å². The predicted octanol–water partition coefficient (Wildman–Crippen LogP) is 0.738. The van der Waals surface area contributed by atoms with Gasteiger partial charge in [0.15, 0.2) is 6.39 Å². The molecule has 0 aliphatic carbocycles. The van der Waals surface area contributed by atoms with Gasteiger partial charge in [-0.2, -0.15) is 0 Å². The summed E-state index contributed by atoms with van der Waals surface area (Å²) in [7, 11) is 0. The van der Waals surface area contributed by atoms with Crippen LogP contribution in [0.25, 0.3) is 0 Å². The smallest absolute Gasteiger partial charge is 0.181 e. The number of rotatable bonds is 3. The molecule has 1 aromatic heterocycles. The largest absolute Gasteiger partial charge is 0.448 e. The van der Waals surface area contributed by atoms with Crippen LogP contribution in [-0.4, -0.2) is 11.5 Å². The summed E-state index contributed by atoms with van der Waals surface area (Å²) < 4.78 is 5.10. The van der Waals surface area contributed by atoms with Crippen molar-refractivity contribution in [1.29, 1.82) is 0 Å². The molecule has 3 nitrogen and oxygen atoms in total. The maximum absolute atomic E-state index is 5.36. The highest BCUT2D eigenvalue weighted by Crippen LogP contribution is 2.06. The fourth-order valence-electron chi connectivity index (χ4n) is 0.916. The van der Waals surface area contributed by atoms with Gasteiger partial charge in [0, 0.05) is 6.42 Å². The Balaban J connectivity index is 2.70. The molecule has 10 heavy (non-hydrogen) atoms.